The van der Waals surface area contributed by atoms with Crippen LogP contribution in [-0.4, -0.2) is 50.2 Å². The van der Waals surface area contributed by atoms with Gasteiger partial charge in [-0.1, -0.05) is 62.4 Å². The van der Waals surface area contributed by atoms with Crippen molar-refractivity contribution in [3.05, 3.63) is 59.7 Å². The van der Waals surface area contributed by atoms with E-state index in [1.807, 2.05) is 38.4 Å². The van der Waals surface area contributed by atoms with Gasteiger partial charge in [0.1, 0.15) is 0 Å². The predicted molar refractivity (Wildman–Crippen MR) is 106 cm³/mol. The minimum Gasteiger partial charge on any atom is -0.872 e. The summed E-state index contributed by atoms with van der Waals surface area (Å²) < 4.78 is 0. The van der Waals surface area contributed by atoms with E-state index in [9.17, 15) is 10.2 Å². The van der Waals surface area contributed by atoms with Crippen LogP contribution < -0.4 is 20.4 Å². The van der Waals surface area contributed by atoms with Crippen molar-refractivity contribution < 1.29 is 42.1 Å². The quantitative estimate of drug-likeness (QED) is 0.573. The van der Waals surface area contributed by atoms with E-state index in [-0.39, 0.29) is 46.4 Å². The van der Waals surface area contributed by atoms with E-state index in [0.717, 1.165) is 24.2 Å². The second kappa shape index (κ2) is 18.6. The van der Waals surface area contributed by atoms with Crippen molar-refractivity contribution in [3.63, 3.8) is 0 Å². The normalized spacial score (nSPS) is 9.79. The molecular weight excluding hydrogens is 404 g/mol. The summed E-state index contributed by atoms with van der Waals surface area (Å²) in [5.74, 6) is 0.172. The number of nitrogens with zero attached hydrogens (tertiary/aromatic N) is 2. The maximum Gasteiger partial charge on any atom is 4.00 e. The number of para-hydroxylation sites is 2. The van der Waals surface area contributed by atoms with Gasteiger partial charge in [-0.05, 0) is 25.2 Å². The molecule has 0 amide bonds. The molecule has 0 aliphatic rings. The van der Waals surface area contributed by atoms with Crippen molar-refractivity contribution in [1.29, 1.82) is 0 Å². The summed E-state index contributed by atoms with van der Waals surface area (Å²) in [5, 5.41) is 41.3. The average Bonchev–Trinajstić information content (AvgIpc) is 2.65. The molecule has 0 spiro atoms. The van der Waals surface area contributed by atoms with Gasteiger partial charge in [0, 0.05) is 26.2 Å². The van der Waals surface area contributed by atoms with Crippen LogP contribution in [-0.2, 0) is 34.8 Å². The minimum absolute atomic E-state index is 0. The second-order valence-corrected chi connectivity index (χ2v) is 6.27. The molecule has 0 N–H and O–H groups in total. The number of rotatable bonds is 7. The number of hydrogen-bond acceptors (Lipinski definition) is 6. The summed E-state index contributed by atoms with van der Waals surface area (Å²) >= 11 is 0. The third-order valence-corrected chi connectivity index (χ3v) is 3.69. The van der Waals surface area contributed by atoms with Gasteiger partial charge in [-0.15, -0.1) is 24.7 Å². The predicted octanol–water partition coefficient (Wildman–Crippen LogP) is 0.128. The summed E-state index contributed by atoms with van der Waals surface area (Å²) in [6, 6.07) is 14.2. The summed E-state index contributed by atoms with van der Waals surface area (Å²) in [4.78, 5) is 4.24. The minimum atomic E-state index is 0. The van der Waals surface area contributed by atoms with Crippen LogP contribution in [0.4, 0.5) is 0 Å². The van der Waals surface area contributed by atoms with Crippen molar-refractivity contribution in [2.75, 3.05) is 40.4 Å². The molecule has 0 fully saturated rings. The van der Waals surface area contributed by atoms with Crippen LogP contribution in [0.5, 0.6) is 11.5 Å². The van der Waals surface area contributed by atoms with E-state index < -0.39 is 0 Å². The van der Waals surface area contributed by atoms with Crippen molar-refractivity contribution in [2.24, 2.45) is 0 Å². The zero-order valence-electron chi connectivity index (χ0n) is 17.9. The fraction of sp³-hybridized carbons (Fsp3) is 0.455. The largest absolute Gasteiger partial charge is 4.00 e. The number of likely N-dealkylation sites (N-methyl/N-ethyl adjacent to an activating group) is 2. The standard InChI is InChI=1S/C18H24N2O2.2C2H5O.Ti/c1-19(13-15-7-3-5-9-17(15)21)11-12-20(2)14-16-8-4-6-10-18(16)22;2*1-2-3;/h3-10,21-22H,11-14H2,1-2H3;2*2H2,1H3;/q;2*-1;+4/p-2. The molecule has 0 radical (unpaired) electrons. The topological polar surface area (TPSA) is 98.7 Å². The van der Waals surface area contributed by atoms with Gasteiger partial charge in [0.15, 0.2) is 0 Å². The average molecular weight is 436 g/mol. The molecule has 2 aromatic carbocycles. The fourth-order valence-electron chi connectivity index (χ4n) is 2.35. The molecule has 0 aromatic heterocycles. The summed E-state index contributed by atoms with van der Waals surface area (Å²) in [6.45, 7) is 6.11. The smallest absolute Gasteiger partial charge is 0.872 e. The second-order valence-electron chi connectivity index (χ2n) is 6.27. The Morgan fingerprint density at radius 3 is 1.21 bits per heavy atom. The van der Waals surface area contributed by atoms with Crippen LogP contribution in [0.2, 0.25) is 0 Å². The van der Waals surface area contributed by atoms with E-state index >= 15 is 0 Å². The molecule has 29 heavy (non-hydrogen) atoms. The van der Waals surface area contributed by atoms with Crippen LogP contribution in [0.25, 0.3) is 0 Å². The van der Waals surface area contributed by atoms with Crippen LogP contribution in [0.3, 0.4) is 0 Å². The number of hydrogen-bond donors (Lipinski definition) is 0. The summed E-state index contributed by atoms with van der Waals surface area (Å²) in [7, 11) is 4.00. The maximum atomic E-state index is 11.7. The van der Waals surface area contributed by atoms with Gasteiger partial charge in [0.25, 0.3) is 0 Å². The molecule has 0 heterocycles. The zero-order valence-corrected chi connectivity index (χ0v) is 19.5. The van der Waals surface area contributed by atoms with Crippen molar-refractivity contribution in [2.45, 2.75) is 26.9 Å². The Kier molecular flexibility index (Phi) is 19.1. The Labute approximate surface area is 190 Å². The Balaban J connectivity index is 0. The van der Waals surface area contributed by atoms with Crippen LogP contribution in [0.1, 0.15) is 25.0 Å². The van der Waals surface area contributed by atoms with Gasteiger partial charge in [0.05, 0.1) is 0 Å². The molecule has 7 heteroatoms. The fourth-order valence-corrected chi connectivity index (χ4v) is 2.35. The molecule has 158 valence electrons. The van der Waals surface area contributed by atoms with Crippen LogP contribution >= 0.6 is 0 Å². The Hall–Kier alpha value is -1.41. The van der Waals surface area contributed by atoms with Gasteiger partial charge in [-0.3, -0.25) is 0 Å². The van der Waals surface area contributed by atoms with E-state index in [0.29, 0.717) is 13.1 Å². The molecule has 0 unspecified atom stereocenters. The van der Waals surface area contributed by atoms with Gasteiger partial charge < -0.3 is 30.2 Å². The third kappa shape index (κ3) is 14.3. The van der Waals surface area contributed by atoms with E-state index in [4.69, 9.17) is 10.2 Å². The van der Waals surface area contributed by atoms with Gasteiger partial charge in [-0.2, -0.15) is 0 Å². The zero-order chi connectivity index (χ0) is 21.4. The van der Waals surface area contributed by atoms with Crippen LogP contribution in [0, 0.1) is 0 Å². The molecule has 0 saturated carbocycles. The first-order valence-electron chi connectivity index (χ1n) is 9.42. The van der Waals surface area contributed by atoms with E-state index in [1.165, 1.54) is 0 Å². The Morgan fingerprint density at radius 2 is 0.931 bits per heavy atom. The van der Waals surface area contributed by atoms with Gasteiger partial charge in [-0.25, -0.2) is 0 Å². The molecule has 0 saturated heterocycles. The summed E-state index contributed by atoms with van der Waals surface area (Å²) in [5.41, 5.74) is 1.63. The van der Waals surface area contributed by atoms with Gasteiger partial charge >= 0.3 is 21.7 Å². The van der Waals surface area contributed by atoms with Crippen molar-refractivity contribution >= 4 is 0 Å². The Bertz CT molecular complexity index is 588. The molecule has 6 nitrogen and oxygen atoms in total. The first kappa shape index (κ1) is 29.8. The van der Waals surface area contributed by atoms with Crippen molar-refractivity contribution in [1.82, 2.24) is 9.80 Å². The monoisotopic (exact) mass is 436 g/mol. The number of benzene rings is 2. The molecule has 2 aromatic rings. The molecule has 0 atom stereocenters. The third-order valence-electron chi connectivity index (χ3n) is 3.69. The summed E-state index contributed by atoms with van der Waals surface area (Å²) in [6.07, 6.45) is 0. The SMILES string of the molecule is CC[O-].CC[O-].CN(CCN(C)Cc1ccccc1[O-])Cc1ccccc1[O-].[Ti+4]. The van der Waals surface area contributed by atoms with Gasteiger partial charge in [0.2, 0.25) is 0 Å². The first-order chi connectivity index (χ1) is 13.4. The van der Waals surface area contributed by atoms with E-state index in [1.54, 1.807) is 38.1 Å². The molecule has 0 bridgehead atoms. The molecule has 2 rings (SSSR count). The van der Waals surface area contributed by atoms with Crippen molar-refractivity contribution in [3.8, 4) is 11.5 Å². The molecule has 0 aliphatic carbocycles. The maximum absolute atomic E-state index is 11.7. The molecular formula is C22H32N2O4Ti. The first-order valence-corrected chi connectivity index (χ1v) is 9.42. The Morgan fingerprint density at radius 1 is 0.655 bits per heavy atom. The van der Waals surface area contributed by atoms with E-state index in [2.05, 4.69) is 9.80 Å². The van der Waals surface area contributed by atoms with Crippen LogP contribution in [0.15, 0.2) is 48.5 Å². The molecule has 0 aliphatic heterocycles.